The van der Waals surface area contributed by atoms with Gasteiger partial charge in [-0.3, -0.25) is 9.10 Å². The first-order chi connectivity index (χ1) is 11.2. The zero-order chi connectivity index (χ0) is 17.9. The number of nitrogens with zero attached hydrogens (tertiary/aromatic N) is 1. The van der Waals surface area contributed by atoms with Crippen LogP contribution in [0.1, 0.15) is 6.92 Å². The molecule has 5 nitrogen and oxygen atoms in total. The van der Waals surface area contributed by atoms with E-state index in [2.05, 4.69) is 5.32 Å². The number of sulfonamides is 1. The van der Waals surface area contributed by atoms with E-state index in [4.69, 9.17) is 0 Å². The zero-order valence-corrected chi connectivity index (χ0v) is 13.8. The Morgan fingerprint density at radius 1 is 1.08 bits per heavy atom. The molecule has 0 bridgehead atoms. The highest BCUT2D eigenvalue weighted by molar-refractivity contribution is 7.92. The van der Waals surface area contributed by atoms with E-state index in [1.807, 2.05) is 0 Å². The number of carbonyl (C=O) groups excluding carboxylic acids is 1. The molecule has 0 radical (unpaired) electrons. The summed E-state index contributed by atoms with van der Waals surface area (Å²) in [4.78, 5) is 12.3. The minimum Gasteiger partial charge on any atom is -0.324 e. The molecular formula is C16H16F2N2O3S. The van der Waals surface area contributed by atoms with E-state index in [9.17, 15) is 22.0 Å². The van der Waals surface area contributed by atoms with Crippen LogP contribution in [0.5, 0.6) is 0 Å². The first-order valence-electron chi connectivity index (χ1n) is 7.00. The standard InChI is InChI=1S/C16H16F2N2O3S/c1-11(16(21)19-12-6-4-3-5-7-12)20(24(2,22)23)13-8-9-14(17)15(18)10-13/h3-11H,1-2H3,(H,19,21). The maximum absolute atomic E-state index is 13.4. The molecule has 1 N–H and O–H groups in total. The van der Waals surface area contributed by atoms with Crippen molar-refractivity contribution < 1.29 is 22.0 Å². The minimum atomic E-state index is -3.90. The number of anilines is 2. The van der Waals surface area contributed by atoms with Crippen LogP contribution >= 0.6 is 0 Å². The highest BCUT2D eigenvalue weighted by Gasteiger charge is 2.29. The van der Waals surface area contributed by atoms with Crippen molar-refractivity contribution in [2.45, 2.75) is 13.0 Å². The Morgan fingerprint density at radius 2 is 1.71 bits per heavy atom. The van der Waals surface area contributed by atoms with Gasteiger partial charge in [-0.15, -0.1) is 0 Å². The van der Waals surface area contributed by atoms with E-state index in [0.717, 1.165) is 28.8 Å². The molecule has 2 rings (SSSR count). The van der Waals surface area contributed by atoms with Crippen molar-refractivity contribution in [3.05, 3.63) is 60.2 Å². The highest BCUT2D eigenvalue weighted by atomic mass is 32.2. The molecule has 8 heteroatoms. The maximum atomic E-state index is 13.4. The lowest BCUT2D eigenvalue weighted by Crippen LogP contribution is -2.45. The molecule has 0 fully saturated rings. The van der Waals surface area contributed by atoms with Gasteiger partial charge in [-0.2, -0.15) is 0 Å². The van der Waals surface area contributed by atoms with E-state index < -0.39 is 33.6 Å². The molecule has 0 spiro atoms. The van der Waals surface area contributed by atoms with Gasteiger partial charge >= 0.3 is 0 Å². The second-order valence-electron chi connectivity index (χ2n) is 5.19. The summed E-state index contributed by atoms with van der Waals surface area (Å²) in [5.74, 6) is -2.90. The number of nitrogens with one attached hydrogen (secondary N) is 1. The van der Waals surface area contributed by atoms with E-state index in [1.165, 1.54) is 6.92 Å². The summed E-state index contributed by atoms with van der Waals surface area (Å²) in [6.07, 6.45) is 0.889. The Kier molecular flexibility index (Phi) is 5.18. The molecule has 2 aromatic rings. The van der Waals surface area contributed by atoms with Crippen molar-refractivity contribution in [1.29, 1.82) is 0 Å². The topological polar surface area (TPSA) is 66.5 Å². The van der Waals surface area contributed by atoms with Gasteiger partial charge < -0.3 is 5.32 Å². The number of hydrogen-bond donors (Lipinski definition) is 1. The fourth-order valence-corrected chi connectivity index (χ4v) is 3.37. The monoisotopic (exact) mass is 354 g/mol. The van der Waals surface area contributed by atoms with Crippen LogP contribution in [0.2, 0.25) is 0 Å². The van der Waals surface area contributed by atoms with Crippen LogP contribution in [0, 0.1) is 11.6 Å². The Morgan fingerprint density at radius 3 is 2.25 bits per heavy atom. The molecule has 1 amide bonds. The first-order valence-corrected chi connectivity index (χ1v) is 8.85. The van der Waals surface area contributed by atoms with Crippen molar-refractivity contribution >= 4 is 27.3 Å². The van der Waals surface area contributed by atoms with Crippen molar-refractivity contribution in [3.63, 3.8) is 0 Å². The van der Waals surface area contributed by atoms with Gasteiger partial charge in [-0.05, 0) is 31.2 Å². The van der Waals surface area contributed by atoms with Crippen LogP contribution < -0.4 is 9.62 Å². The van der Waals surface area contributed by atoms with Crippen molar-refractivity contribution in [2.24, 2.45) is 0 Å². The fourth-order valence-electron chi connectivity index (χ4n) is 2.20. The Balaban J connectivity index is 2.34. The average molecular weight is 354 g/mol. The molecule has 0 aliphatic rings. The third kappa shape index (κ3) is 4.08. The predicted molar refractivity (Wildman–Crippen MR) is 88.2 cm³/mol. The Labute approximate surface area is 139 Å². The lowest BCUT2D eigenvalue weighted by Gasteiger charge is -2.28. The molecule has 2 aromatic carbocycles. The van der Waals surface area contributed by atoms with Gasteiger partial charge in [-0.25, -0.2) is 17.2 Å². The minimum absolute atomic E-state index is 0.132. The van der Waals surface area contributed by atoms with Crippen molar-refractivity contribution in [1.82, 2.24) is 0 Å². The molecule has 0 saturated carbocycles. The summed E-state index contributed by atoms with van der Waals surface area (Å²) in [6, 6.07) is 9.97. The number of benzene rings is 2. The molecule has 1 atom stereocenters. The Hall–Kier alpha value is -2.48. The number of rotatable bonds is 5. The molecule has 0 aromatic heterocycles. The quantitative estimate of drug-likeness (QED) is 0.898. The van der Waals surface area contributed by atoms with Crippen LogP contribution in [-0.4, -0.2) is 26.6 Å². The SMILES string of the molecule is CC(C(=O)Nc1ccccc1)N(c1ccc(F)c(F)c1)S(C)(=O)=O. The zero-order valence-electron chi connectivity index (χ0n) is 13.0. The molecule has 128 valence electrons. The van der Waals surface area contributed by atoms with Crippen molar-refractivity contribution in [2.75, 3.05) is 15.9 Å². The fraction of sp³-hybridized carbons (Fsp3) is 0.188. The van der Waals surface area contributed by atoms with Gasteiger partial charge in [0.2, 0.25) is 15.9 Å². The van der Waals surface area contributed by atoms with Gasteiger partial charge in [0.15, 0.2) is 11.6 Å². The smallest absolute Gasteiger partial charge is 0.247 e. The van der Waals surface area contributed by atoms with Gasteiger partial charge in [-0.1, -0.05) is 18.2 Å². The van der Waals surface area contributed by atoms with E-state index in [0.29, 0.717) is 5.69 Å². The number of halogens is 2. The van der Waals surface area contributed by atoms with Crippen LogP contribution in [0.4, 0.5) is 20.2 Å². The van der Waals surface area contributed by atoms with Gasteiger partial charge in [0.1, 0.15) is 6.04 Å². The lowest BCUT2D eigenvalue weighted by molar-refractivity contribution is -0.116. The normalized spacial score (nSPS) is 12.5. The Bertz CT molecular complexity index is 842. The molecule has 1 unspecified atom stereocenters. The van der Waals surface area contributed by atoms with Crippen LogP contribution in [0.15, 0.2) is 48.5 Å². The third-order valence-corrected chi connectivity index (χ3v) is 4.53. The van der Waals surface area contributed by atoms with Crippen LogP contribution in [0.3, 0.4) is 0 Å². The predicted octanol–water partition coefficient (Wildman–Crippen LogP) is 2.76. The summed E-state index contributed by atoms with van der Waals surface area (Å²) < 4.78 is 51.4. The summed E-state index contributed by atoms with van der Waals surface area (Å²) >= 11 is 0. The third-order valence-electron chi connectivity index (χ3n) is 3.29. The largest absolute Gasteiger partial charge is 0.324 e. The van der Waals surface area contributed by atoms with Gasteiger partial charge in [0, 0.05) is 11.8 Å². The molecule has 0 aliphatic heterocycles. The van der Waals surface area contributed by atoms with Crippen LogP contribution in [-0.2, 0) is 14.8 Å². The number of carbonyl (C=O) groups is 1. The van der Waals surface area contributed by atoms with E-state index in [-0.39, 0.29) is 5.69 Å². The van der Waals surface area contributed by atoms with E-state index >= 15 is 0 Å². The maximum Gasteiger partial charge on any atom is 0.247 e. The summed E-state index contributed by atoms with van der Waals surface area (Å²) in [7, 11) is -3.90. The van der Waals surface area contributed by atoms with Gasteiger partial charge in [0.25, 0.3) is 0 Å². The van der Waals surface area contributed by atoms with Gasteiger partial charge in [0.05, 0.1) is 11.9 Å². The second-order valence-corrected chi connectivity index (χ2v) is 7.05. The first kappa shape index (κ1) is 17.9. The number of hydrogen-bond acceptors (Lipinski definition) is 3. The van der Waals surface area contributed by atoms with E-state index in [1.54, 1.807) is 30.3 Å². The molecule has 0 saturated heterocycles. The van der Waals surface area contributed by atoms with Crippen molar-refractivity contribution in [3.8, 4) is 0 Å². The summed E-state index contributed by atoms with van der Waals surface area (Å²) in [5, 5.41) is 2.58. The highest BCUT2D eigenvalue weighted by Crippen LogP contribution is 2.23. The number of amides is 1. The molecule has 24 heavy (non-hydrogen) atoms. The number of para-hydroxylation sites is 1. The molecule has 0 aliphatic carbocycles. The van der Waals surface area contributed by atoms with Crippen LogP contribution in [0.25, 0.3) is 0 Å². The lowest BCUT2D eigenvalue weighted by atomic mass is 10.2. The summed E-state index contributed by atoms with van der Waals surface area (Å²) in [5.41, 5.74) is 0.361. The molecule has 0 heterocycles. The second kappa shape index (κ2) is 6.96. The summed E-state index contributed by atoms with van der Waals surface area (Å²) in [6.45, 7) is 1.36. The molecular weight excluding hydrogens is 338 g/mol. The average Bonchev–Trinajstić information content (AvgIpc) is 2.50.